The SMILES string of the molecule is CN1CCCC(Cc2nc3ccc(C=O)cn3n2)C1. The number of carbonyl (C=O) groups is 1. The van der Waals surface area contributed by atoms with Crippen molar-refractivity contribution < 1.29 is 4.79 Å². The normalized spacial score (nSPS) is 20.8. The Balaban J connectivity index is 1.79. The molecule has 0 radical (unpaired) electrons. The first-order chi connectivity index (χ1) is 9.24. The number of rotatable bonds is 3. The number of fused-ring (bicyclic) bond motifs is 1. The minimum Gasteiger partial charge on any atom is -0.306 e. The van der Waals surface area contributed by atoms with Crippen LogP contribution in [0.1, 0.15) is 29.0 Å². The van der Waals surface area contributed by atoms with Gasteiger partial charge in [0.05, 0.1) is 0 Å². The van der Waals surface area contributed by atoms with E-state index in [9.17, 15) is 4.79 Å². The Kier molecular flexibility index (Phi) is 3.29. The van der Waals surface area contributed by atoms with E-state index >= 15 is 0 Å². The van der Waals surface area contributed by atoms with Crippen molar-refractivity contribution in [2.24, 2.45) is 5.92 Å². The van der Waals surface area contributed by atoms with Crippen LogP contribution in [-0.4, -0.2) is 45.9 Å². The fourth-order valence-electron chi connectivity index (χ4n) is 2.80. The van der Waals surface area contributed by atoms with E-state index in [0.717, 1.165) is 30.7 Å². The van der Waals surface area contributed by atoms with Gasteiger partial charge in [-0.3, -0.25) is 4.79 Å². The zero-order valence-electron chi connectivity index (χ0n) is 11.1. The number of hydrogen-bond acceptors (Lipinski definition) is 4. The molecule has 3 rings (SSSR count). The standard InChI is InChI=1S/C14H18N4O/c1-17-6-2-3-11(8-17)7-13-15-14-5-4-12(10-19)9-18(14)16-13/h4-5,9-11H,2-3,6-8H2,1H3. The monoisotopic (exact) mass is 258 g/mol. The average molecular weight is 258 g/mol. The first-order valence-electron chi connectivity index (χ1n) is 6.73. The van der Waals surface area contributed by atoms with E-state index in [2.05, 4.69) is 22.0 Å². The largest absolute Gasteiger partial charge is 0.306 e. The van der Waals surface area contributed by atoms with Gasteiger partial charge in [0.2, 0.25) is 0 Å². The van der Waals surface area contributed by atoms with Crippen LogP contribution in [0.5, 0.6) is 0 Å². The fraction of sp³-hybridized carbons (Fsp3) is 0.500. The molecule has 1 fully saturated rings. The highest BCUT2D eigenvalue weighted by Crippen LogP contribution is 2.18. The smallest absolute Gasteiger partial charge is 0.155 e. The Bertz CT molecular complexity index is 592. The molecule has 1 atom stereocenters. The van der Waals surface area contributed by atoms with Crippen molar-refractivity contribution in [3.63, 3.8) is 0 Å². The summed E-state index contributed by atoms with van der Waals surface area (Å²) < 4.78 is 1.70. The van der Waals surface area contributed by atoms with Gasteiger partial charge in [0, 0.05) is 24.7 Å². The maximum atomic E-state index is 10.7. The van der Waals surface area contributed by atoms with Crippen LogP contribution in [-0.2, 0) is 6.42 Å². The summed E-state index contributed by atoms with van der Waals surface area (Å²) in [4.78, 5) is 17.6. The zero-order valence-corrected chi connectivity index (χ0v) is 11.1. The summed E-state index contributed by atoms with van der Waals surface area (Å²) >= 11 is 0. The Labute approximate surface area is 112 Å². The molecule has 1 unspecified atom stereocenters. The molecule has 0 spiro atoms. The van der Waals surface area contributed by atoms with Gasteiger partial charge >= 0.3 is 0 Å². The lowest BCUT2D eigenvalue weighted by Gasteiger charge is -2.28. The quantitative estimate of drug-likeness (QED) is 0.781. The van der Waals surface area contributed by atoms with E-state index in [1.807, 2.05) is 6.07 Å². The van der Waals surface area contributed by atoms with Gasteiger partial charge in [-0.05, 0) is 44.5 Å². The van der Waals surface area contributed by atoms with E-state index in [0.29, 0.717) is 11.5 Å². The van der Waals surface area contributed by atoms with Gasteiger partial charge in [0.15, 0.2) is 17.8 Å². The van der Waals surface area contributed by atoms with Gasteiger partial charge in [-0.2, -0.15) is 5.10 Å². The van der Waals surface area contributed by atoms with Gasteiger partial charge in [0.25, 0.3) is 0 Å². The number of pyridine rings is 1. The van der Waals surface area contributed by atoms with E-state index in [-0.39, 0.29) is 0 Å². The lowest BCUT2D eigenvalue weighted by Crippen LogP contribution is -2.33. The minimum absolute atomic E-state index is 0.626. The predicted molar refractivity (Wildman–Crippen MR) is 72.3 cm³/mol. The Morgan fingerprint density at radius 3 is 3.16 bits per heavy atom. The molecule has 0 saturated carbocycles. The molecule has 0 amide bonds. The highest BCUT2D eigenvalue weighted by molar-refractivity contribution is 5.74. The van der Waals surface area contributed by atoms with Crippen LogP contribution >= 0.6 is 0 Å². The van der Waals surface area contributed by atoms with Crippen LogP contribution in [0.25, 0.3) is 5.65 Å². The Hall–Kier alpha value is -1.75. The van der Waals surface area contributed by atoms with E-state index < -0.39 is 0 Å². The van der Waals surface area contributed by atoms with Crippen LogP contribution in [0.4, 0.5) is 0 Å². The summed E-state index contributed by atoms with van der Waals surface area (Å²) in [6, 6.07) is 3.61. The maximum absolute atomic E-state index is 10.7. The molecule has 3 heterocycles. The molecule has 2 aromatic heterocycles. The van der Waals surface area contributed by atoms with Gasteiger partial charge in [0.1, 0.15) is 0 Å². The summed E-state index contributed by atoms with van der Waals surface area (Å²) in [5.74, 6) is 1.52. The molecule has 0 N–H and O–H groups in total. The molecule has 0 aromatic carbocycles. The number of likely N-dealkylation sites (tertiary alicyclic amines) is 1. The van der Waals surface area contributed by atoms with Gasteiger partial charge in [-0.25, -0.2) is 9.50 Å². The van der Waals surface area contributed by atoms with Crippen molar-refractivity contribution in [2.45, 2.75) is 19.3 Å². The highest BCUT2D eigenvalue weighted by atomic mass is 16.1. The summed E-state index contributed by atoms with van der Waals surface area (Å²) in [6.45, 7) is 2.31. The Morgan fingerprint density at radius 2 is 2.37 bits per heavy atom. The van der Waals surface area contributed by atoms with Crippen molar-refractivity contribution in [1.29, 1.82) is 0 Å². The number of aromatic nitrogens is 3. The molecule has 100 valence electrons. The van der Waals surface area contributed by atoms with Crippen molar-refractivity contribution in [2.75, 3.05) is 20.1 Å². The first-order valence-corrected chi connectivity index (χ1v) is 6.73. The van der Waals surface area contributed by atoms with Crippen molar-refractivity contribution in [3.8, 4) is 0 Å². The highest BCUT2D eigenvalue weighted by Gasteiger charge is 2.19. The number of nitrogens with zero attached hydrogens (tertiary/aromatic N) is 4. The van der Waals surface area contributed by atoms with E-state index in [1.54, 1.807) is 16.8 Å². The van der Waals surface area contributed by atoms with Gasteiger partial charge in [-0.15, -0.1) is 0 Å². The topological polar surface area (TPSA) is 50.5 Å². The van der Waals surface area contributed by atoms with Crippen molar-refractivity contribution >= 4 is 11.9 Å². The molecule has 19 heavy (non-hydrogen) atoms. The zero-order chi connectivity index (χ0) is 13.2. The molecule has 1 aliphatic rings. The molecule has 5 nitrogen and oxygen atoms in total. The van der Waals surface area contributed by atoms with Crippen LogP contribution in [0.3, 0.4) is 0 Å². The van der Waals surface area contributed by atoms with Gasteiger partial charge in [-0.1, -0.05) is 0 Å². The molecule has 2 aromatic rings. The first kappa shape index (κ1) is 12.3. The second-order valence-electron chi connectivity index (χ2n) is 5.39. The molecule has 0 aliphatic carbocycles. The third-order valence-electron chi connectivity index (χ3n) is 3.73. The summed E-state index contributed by atoms with van der Waals surface area (Å²) in [5.41, 5.74) is 1.44. The number of aldehydes is 1. The molecule has 5 heteroatoms. The molecule has 0 bridgehead atoms. The second kappa shape index (κ2) is 5.09. The summed E-state index contributed by atoms with van der Waals surface area (Å²) in [5, 5.41) is 4.47. The minimum atomic E-state index is 0.626. The number of hydrogen-bond donors (Lipinski definition) is 0. The lowest BCUT2D eigenvalue weighted by atomic mass is 9.95. The molecule has 1 saturated heterocycles. The number of carbonyl (C=O) groups excluding carboxylic acids is 1. The van der Waals surface area contributed by atoms with Crippen LogP contribution in [0.15, 0.2) is 18.3 Å². The number of piperidine rings is 1. The van der Waals surface area contributed by atoms with Crippen molar-refractivity contribution in [1.82, 2.24) is 19.5 Å². The van der Waals surface area contributed by atoms with Crippen LogP contribution in [0.2, 0.25) is 0 Å². The second-order valence-corrected chi connectivity index (χ2v) is 5.39. The van der Waals surface area contributed by atoms with E-state index in [1.165, 1.54) is 19.4 Å². The van der Waals surface area contributed by atoms with Crippen molar-refractivity contribution in [3.05, 3.63) is 29.7 Å². The van der Waals surface area contributed by atoms with Crippen LogP contribution in [0, 0.1) is 5.92 Å². The predicted octanol–water partition coefficient (Wildman–Crippen LogP) is 1.43. The summed E-state index contributed by atoms with van der Waals surface area (Å²) in [7, 11) is 2.17. The average Bonchev–Trinajstić information content (AvgIpc) is 2.79. The molecule has 1 aliphatic heterocycles. The van der Waals surface area contributed by atoms with Crippen LogP contribution < -0.4 is 0 Å². The van der Waals surface area contributed by atoms with E-state index in [4.69, 9.17) is 0 Å². The lowest BCUT2D eigenvalue weighted by molar-refractivity contribution is 0.112. The molecular weight excluding hydrogens is 240 g/mol. The fourth-order valence-corrected chi connectivity index (χ4v) is 2.80. The third-order valence-corrected chi connectivity index (χ3v) is 3.73. The molecular formula is C14H18N4O. The third kappa shape index (κ3) is 2.66. The van der Waals surface area contributed by atoms with Gasteiger partial charge < -0.3 is 4.90 Å². The summed E-state index contributed by atoms with van der Waals surface area (Å²) in [6.07, 6.45) is 5.98. The maximum Gasteiger partial charge on any atom is 0.155 e. The Morgan fingerprint density at radius 1 is 1.47 bits per heavy atom.